The molecule has 0 aliphatic carbocycles. The number of benzene rings is 1. The van der Waals surface area contributed by atoms with Gasteiger partial charge in [0.05, 0.1) is 0 Å². The lowest BCUT2D eigenvalue weighted by Crippen LogP contribution is -2.12. The molecule has 0 radical (unpaired) electrons. The molecule has 0 aliphatic heterocycles. The van der Waals surface area contributed by atoms with E-state index in [-0.39, 0.29) is 12.3 Å². The highest BCUT2D eigenvalue weighted by molar-refractivity contribution is 5.90. The molecule has 0 spiro atoms. The van der Waals surface area contributed by atoms with Gasteiger partial charge in [-0.05, 0) is 49.2 Å². The van der Waals surface area contributed by atoms with Crippen LogP contribution in [0.2, 0.25) is 0 Å². The smallest absolute Gasteiger partial charge is 0.227 e. The van der Waals surface area contributed by atoms with E-state index >= 15 is 0 Å². The van der Waals surface area contributed by atoms with Crippen LogP contribution in [0, 0.1) is 13.8 Å². The first-order valence-electron chi connectivity index (χ1n) is 7.72. The van der Waals surface area contributed by atoms with Crippen molar-refractivity contribution in [2.75, 3.05) is 5.32 Å². The fourth-order valence-electron chi connectivity index (χ4n) is 2.24. The summed E-state index contributed by atoms with van der Waals surface area (Å²) in [6.07, 6.45) is 4.02. The van der Waals surface area contributed by atoms with Crippen LogP contribution in [0.15, 0.2) is 47.2 Å². The summed E-state index contributed by atoms with van der Waals surface area (Å²) < 4.78 is 5.19. The molecule has 24 heavy (non-hydrogen) atoms. The minimum Gasteiger partial charge on any atom is -0.339 e. The second-order valence-electron chi connectivity index (χ2n) is 5.59. The van der Waals surface area contributed by atoms with Crippen molar-refractivity contribution in [1.29, 1.82) is 0 Å². The van der Waals surface area contributed by atoms with Gasteiger partial charge in [0.25, 0.3) is 0 Å². The van der Waals surface area contributed by atoms with E-state index in [1.165, 1.54) is 5.56 Å². The number of hydrogen-bond acceptors (Lipinski definition) is 5. The molecule has 0 saturated heterocycles. The second kappa shape index (κ2) is 7.04. The van der Waals surface area contributed by atoms with E-state index in [1.54, 1.807) is 24.5 Å². The molecule has 0 bridgehead atoms. The number of aromatic nitrogens is 3. The Hall–Kier alpha value is -3.02. The molecule has 0 atom stereocenters. The molecule has 2 aromatic heterocycles. The van der Waals surface area contributed by atoms with Gasteiger partial charge in [-0.1, -0.05) is 11.2 Å². The molecular weight excluding hydrogens is 304 g/mol. The quantitative estimate of drug-likeness (QED) is 0.779. The lowest BCUT2D eigenvalue weighted by Gasteiger charge is -2.06. The largest absolute Gasteiger partial charge is 0.339 e. The first-order valence-corrected chi connectivity index (χ1v) is 7.72. The molecule has 0 unspecified atom stereocenters. The lowest BCUT2D eigenvalue weighted by molar-refractivity contribution is -0.116. The van der Waals surface area contributed by atoms with Gasteiger partial charge in [-0.25, -0.2) is 0 Å². The maximum absolute atomic E-state index is 12.0. The Morgan fingerprint density at radius 2 is 1.92 bits per heavy atom. The van der Waals surface area contributed by atoms with E-state index < -0.39 is 0 Å². The van der Waals surface area contributed by atoms with Crippen LogP contribution in [0.3, 0.4) is 0 Å². The van der Waals surface area contributed by atoms with Crippen molar-refractivity contribution < 1.29 is 9.32 Å². The molecule has 6 heteroatoms. The molecule has 0 aliphatic rings. The molecule has 122 valence electrons. The second-order valence-corrected chi connectivity index (χ2v) is 5.59. The molecule has 0 fully saturated rings. The maximum atomic E-state index is 12.0. The number of amides is 1. The zero-order valence-corrected chi connectivity index (χ0v) is 13.6. The van der Waals surface area contributed by atoms with E-state index in [2.05, 4.69) is 20.4 Å². The Morgan fingerprint density at radius 3 is 2.67 bits per heavy atom. The fraction of sp³-hybridized carbons (Fsp3) is 0.222. The molecule has 1 amide bonds. The lowest BCUT2D eigenvalue weighted by atomic mass is 10.1. The monoisotopic (exact) mass is 322 g/mol. The first-order chi connectivity index (χ1) is 11.6. The third kappa shape index (κ3) is 3.84. The summed E-state index contributed by atoms with van der Waals surface area (Å²) in [6, 6.07) is 9.46. The van der Waals surface area contributed by atoms with Crippen molar-refractivity contribution in [2.24, 2.45) is 0 Å². The maximum Gasteiger partial charge on any atom is 0.227 e. The van der Waals surface area contributed by atoms with E-state index in [0.717, 1.165) is 16.8 Å². The number of aryl methyl sites for hydroxylation is 3. The highest BCUT2D eigenvalue weighted by Gasteiger charge is 2.11. The van der Waals surface area contributed by atoms with Gasteiger partial charge >= 0.3 is 0 Å². The Morgan fingerprint density at radius 1 is 1.12 bits per heavy atom. The summed E-state index contributed by atoms with van der Waals surface area (Å²) in [4.78, 5) is 20.3. The summed E-state index contributed by atoms with van der Waals surface area (Å²) in [5, 5.41) is 6.81. The highest BCUT2D eigenvalue weighted by Crippen LogP contribution is 2.16. The van der Waals surface area contributed by atoms with Crippen LogP contribution in [-0.2, 0) is 11.2 Å². The minimum absolute atomic E-state index is 0.0816. The van der Waals surface area contributed by atoms with Crippen molar-refractivity contribution in [1.82, 2.24) is 15.1 Å². The van der Waals surface area contributed by atoms with Crippen LogP contribution in [0.4, 0.5) is 5.69 Å². The Labute approximate surface area is 139 Å². The van der Waals surface area contributed by atoms with Gasteiger partial charge in [0, 0.05) is 36.5 Å². The highest BCUT2D eigenvalue weighted by atomic mass is 16.5. The van der Waals surface area contributed by atoms with Gasteiger partial charge in [-0.2, -0.15) is 4.98 Å². The van der Waals surface area contributed by atoms with E-state index in [1.807, 2.05) is 32.0 Å². The van der Waals surface area contributed by atoms with Gasteiger partial charge in [-0.3, -0.25) is 9.78 Å². The standard InChI is InChI=1S/C18H18N4O2/c1-12-3-4-15(11-13(12)2)20-16(23)5-6-17-21-18(22-24-17)14-7-9-19-10-8-14/h3-4,7-11H,5-6H2,1-2H3,(H,20,23). The van der Waals surface area contributed by atoms with Crippen LogP contribution in [0.1, 0.15) is 23.4 Å². The molecule has 2 heterocycles. The molecule has 3 rings (SSSR count). The number of carbonyl (C=O) groups excluding carboxylic acids is 1. The summed E-state index contributed by atoms with van der Waals surface area (Å²) in [5.74, 6) is 0.862. The predicted octanol–water partition coefficient (Wildman–Crippen LogP) is 3.32. The Balaban J connectivity index is 1.56. The van der Waals surface area contributed by atoms with Crippen molar-refractivity contribution >= 4 is 11.6 Å². The summed E-state index contributed by atoms with van der Waals surface area (Å²) >= 11 is 0. The number of nitrogens with one attached hydrogen (secondary N) is 1. The third-order valence-electron chi connectivity index (χ3n) is 3.76. The normalized spacial score (nSPS) is 10.6. The fourth-order valence-corrected chi connectivity index (χ4v) is 2.24. The van der Waals surface area contributed by atoms with Crippen molar-refractivity contribution in [2.45, 2.75) is 26.7 Å². The number of carbonyl (C=O) groups is 1. The topological polar surface area (TPSA) is 80.9 Å². The van der Waals surface area contributed by atoms with Gasteiger partial charge in [0.1, 0.15) is 0 Å². The zero-order chi connectivity index (χ0) is 16.9. The molecule has 1 N–H and O–H groups in total. The van der Waals surface area contributed by atoms with Crippen LogP contribution in [0.5, 0.6) is 0 Å². The number of hydrogen-bond donors (Lipinski definition) is 1. The number of nitrogens with zero attached hydrogens (tertiary/aromatic N) is 3. The summed E-state index contributed by atoms with van der Waals surface area (Å²) in [7, 11) is 0. The predicted molar refractivity (Wildman–Crippen MR) is 90.4 cm³/mol. The van der Waals surface area contributed by atoms with Crippen LogP contribution in [-0.4, -0.2) is 21.0 Å². The minimum atomic E-state index is -0.0816. The number of anilines is 1. The number of rotatable bonds is 5. The van der Waals surface area contributed by atoms with Crippen molar-refractivity contribution in [3.63, 3.8) is 0 Å². The van der Waals surface area contributed by atoms with Crippen LogP contribution < -0.4 is 5.32 Å². The van der Waals surface area contributed by atoms with Crippen LogP contribution >= 0.6 is 0 Å². The van der Waals surface area contributed by atoms with Crippen molar-refractivity contribution in [3.05, 3.63) is 59.7 Å². The molecule has 1 aromatic carbocycles. The summed E-state index contributed by atoms with van der Waals surface area (Å²) in [5.41, 5.74) is 3.97. The van der Waals surface area contributed by atoms with E-state index in [9.17, 15) is 4.79 Å². The Kier molecular flexibility index (Phi) is 4.65. The SMILES string of the molecule is Cc1ccc(NC(=O)CCc2nc(-c3ccncc3)no2)cc1C. The van der Waals surface area contributed by atoms with Crippen molar-refractivity contribution in [3.8, 4) is 11.4 Å². The van der Waals surface area contributed by atoms with Gasteiger partial charge in [-0.15, -0.1) is 0 Å². The molecule has 6 nitrogen and oxygen atoms in total. The molecule has 0 saturated carbocycles. The average Bonchev–Trinajstić information content (AvgIpc) is 3.06. The first kappa shape index (κ1) is 15.9. The molecular formula is C18H18N4O2. The summed E-state index contributed by atoms with van der Waals surface area (Å²) in [6.45, 7) is 4.06. The Bertz CT molecular complexity index is 843. The average molecular weight is 322 g/mol. The van der Waals surface area contributed by atoms with Gasteiger partial charge in [0.2, 0.25) is 17.6 Å². The van der Waals surface area contributed by atoms with Crippen LogP contribution in [0.25, 0.3) is 11.4 Å². The number of pyridine rings is 1. The van der Waals surface area contributed by atoms with Gasteiger partial charge in [0.15, 0.2) is 0 Å². The van der Waals surface area contributed by atoms with E-state index in [4.69, 9.17) is 4.52 Å². The van der Waals surface area contributed by atoms with E-state index in [0.29, 0.717) is 18.1 Å². The zero-order valence-electron chi connectivity index (χ0n) is 13.6. The molecule has 3 aromatic rings. The van der Waals surface area contributed by atoms with Gasteiger partial charge < -0.3 is 9.84 Å². The third-order valence-corrected chi connectivity index (χ3v) is 3.76.